The van der Waals surface area contributed by atoms with Crippen LogP contribution in [0.15, 0.2) is 182 Å². The van der Waals surface area contributed by atoms with Gasteiger partial charge in [0.25, 0.3) is 0 Å². The molecule has 0 spiro atoms. The number of hydrogen-bond acceptors (Lipinski definition) is 1. The first kappa shape index (κ1) is 28.5. The van der Waals surface area contributed by atoms with Crippen LogP contribution in [0.1, 0.15) is 0 Å². The third kappa shape index (κ3) is 4.39. The summed E-state index contributed by atoms with van der Waals surface area (Å²) in [6.07, 6.45) is 0. The molecule has 1 heteroatoms. The summed E-state index contributed by atoms with van der Waals surface area (Å²) in [5.41, 5.74) is 7.61. The van der Waals surface area contributed by atoms with E-state index in [1.165, 1.54) is 107 Å². The van der Waals surface area contributed by atoms with Crippen LogP contribution in [0.4, 0.5) is 0 Å². The summed E-state index contributed by atoms with van der Waals surface area (Å²) >= 11 is 1.89. The molecule has 0 atom stereocenters. The highest BCUT2D eigenvalue weighted by molar-refractivity contribution is 7.26. The van der Waals surface area contributed by atoms with Crippen LogP contribution in [0.2, 0.25) is 0 Å². The van der Waals surface area contributed by atoms with E-state index in [1.807, 2.05) is 11.3 Å². The van der Waals surface area contributed by atoms with Crippen molar-refractivity contribution in [1.82, 2.24) is 0 Å². The van der Waals surface area contributed by atoms with Gasteiger partial charge in [0.15, 0.2) is 0 Å². The number of thiophene rings is 1. The standard InChI is InChI=1S/C50H30S/c1-3-13-38-31(10-1)12-9-19-40(38)49-43-17-7-5-15-41(43)48(42-16-6-8-18-44(42)49)37-23-22-33-28-34(20-21-35(33)29-37)36-24-26-45-47(30-36)51-46-27-25-32-11-2-4-14-39(32)50(45)46/h1-30H. The Morgan fingerprint density at radius 3 is 1.51 bits per heavy atom. The van der Waals surface area contributed by atoms with Crippen molar-refractivity contribution in [2.45, 2.75) is 0 Å². The maximum absolute atomic E-state index is 2.38. The molecule has 0 nitrogen and oxygen atoms in total. The van der Waals surface area contributed by atoms with Crippen molar-refractivity contribution in [2.24, 2.45) is 0 Å². The highest BCUT2D eigenvalue weighted by Crippen LogP contribution is 2.46. The molecule has 11 aromatic rings. The highest BCUT2D eigenvalue weighted by atomic mass is 32.1. The van der Waals surface area contributed by atoms with Crippen LogP contribution in [0, 0.1) is 0 Å². The molecule has 0 radical (unpaired) electrons. The van der Waals surface area contributed by atoms with Crippen molar-refractivity contribution >= 4 is 85.4 Å². The summed E-state index contributed by atoms with van der Waals surface area (Å²) < 4.78 is 2.68. The van der Waals surface area contributed by atoms with Gasteiger partial charge in [0.1, 0.15) is 0 Å². The van der Waals surface area contributed by atoms with Crippen molar-refractivity contribution in [1.29, 1.82) is 0 Å². The molecule has 0 amide bonds. The lowest BCUT2D eigenvalue weighted by Crippen LogP contribution is -1.91. The van der Waals surface area contributed by atoms with Gasteiger partial charge in [-0.3, -0.25) is 0 Å². The number of fused-ring (bicyclic) bond motifs is 9. The van der Waals surface area contributed by atoms with Crippen LogP contribution in [-0.4, -0.2) is 0 Å². The summed E-state index contributed by atoms with van der Waals surface area (Å²) in [5.74, 6) is 0. The fourth-order valence-electron chi connectivity index (χ4n) is 8.48. The van der Waals surface area contributed by atoms with Crippen LogP contribution in [0.3, 0.4) is 0 Å². The van der Waals surface area contributed by atoms with Crippen LogP contribution < -0.4 is 0 Å². The molecule has 10 aromatic carbocycles. The fraction of sp³-hybridized carbons (Fsp3) is 0. The van der Waals surface area contributed by atoms with Gasteiger partial charge in [-0.05, 0) is 112 Å². The second-order valence-electron chi connectivity index (χ2n) is 13.6. The van der Waals surface area contributed by atoms with Crippen LogP contribution >= 0.6 is 11.3 Å². The predicted molar refractivity (Wildman–Crippen MR) is 223 cm³/mol. The lowest BCUT2D eigenvalue weighted by atomic mass is 9.84. The first-order valence-electron chi connectivity index (χ1n) is 17.6. The third-order valence-electron chi connectivity index (χ3n) is 10.8. The maximum Gasteiger partial charge on any atom is 0.0361 e. The molecule has 0 N–H and O–H groups in total. The van der Waals surface area contributed by atoms with E-state index in [4.69, 9.17) is 0 Å². The molecule has 0 bridgehead atoms. The zero-order valence-electron chi connectivity index (χ0n) is 27.7. The summed E-state index contributed by atoms with van der Waals surface area (Å²) in [6, 6.07) is 67.5. The van der Waals surface area contributed by atoms with E-state index in [0.29, 0.717) is 0 Å². The van der Waals surface area contributed by atoms with E-state index >= 15 is 0 Å². The molecular formula is C50H30S. The monoisotopic (exact) mass is 662 g/mol. The number of hydrogen-bond donors (Lipinski definition) is 0. The molecule has 0 saturated heterocycles. The van der Waals surface area contributed by atoms with E-state index < -0.39 is 0 Å². The molecule has 0 fully saturated rings. The molecule has 1 aromatic heterocycles. The fourth-order valence-corrected chi connectivity index (χ4v) is 9.64. The quantitative estimate of drug-likeness (QED) is 0.165. The van der Waals surface area contributed by atoms with Gasteiger partial charge >= 0.3 is 0 Å². The van der Waals surface area contributed by atoms with Gasteiger partial charge in [0.2, 0.25) is 0 Å². The molecule has 0 aliphatic carbocycles. The largest absolute Gasteiger partial charge is 0.135 e. The van der Waals surface area contributed by atoms with Crippen molar-refractivity contribution in [3.05, 3.63) is 182 Å². The Bertz CT molecular complexity index is 3130. The molecule has 0 unspecified atom stereocenters. The molecule has 11 rings (SSSR count). The minimum Gasteiger partial charge on any atom is -0.135 e. The number of rotatable bonds is 3. The minimum absolute atomic E-state index is 1.24. The third-order valence-corrected chi connectivity index (χ3v) is 11.9. The Morgan fingerprint density at radius 2 is 0.784 bits per heavy atom. The molecule has 1 heterocycles. The van der Waals surface area contributed by atoms with Crippen molar-refractivity contribution in [3.8, 4) is 33.4 Å². The molecule has 0 saturated carbocycles. The van der Waals surface area contributed by atoms with Crippen LogP contribution in [-0.2, 0) is 0 Å². The Morgan fingerprint density at radius 1 is 0.275 bits per heavy atom. The van der Waals surface area contributed by atoms with E-state index in [-0.39, 0.29) is 0 Å². The number of benzene rings is 10. The zero-order chi connectivity index (χ0) is 33.5. The Balaban J connectivity index is 1.06. The molecule has 0 aliphatic rings. The summed E-state index contributed by atoms with van der Waals surface area (Å²) in [5, 5.41) is 15.5. The van der Waals surface area contributed by atoms with E-state index in [0.717, 1.165) is 0 Å². The zero-order valence-corrected chi connectivity index (χ0v) is 28.5. The predicted octanol–water partition coefficient (Wildman–Crippen LogP) is 14.8. The summed E-state index contributed by atoms with van der Waals surface area (Å²) in [6.45, 7) is 0. The van der Waals surface area contributed by atoms with Gasteiger partial charge in [-0.15, -0.1) is 11.3 Å². The first-order valence-corrected chi connectivity index (χ1v) is 18.4. The highest BCUT2D eigenvalue weighted by Gasteiger charge is 2.18. The van der Waals surface area contributed by atoms with Gasteiger partial charge in [-0.2, -0.15) is 0 Å². The first-order chi connectivity index (χ1) is 25.3. The summed E-state index contributed by atoms with van der Waals surface area (Å²) in [7, 11) is 0. The van der Waals surface area contributed by atoms with E-state index in [2.05, 4.69) is 182 Å². The van der Waals surface area contributed by atoms with Gasteiger partial charge < -0.3 is 0 Å². The SMILES string of the molecule is c1ccc2c(-c3c4ccccc4c(-c4ccc5cc(-c6ccc7c(c6)sc6ccc8ccccc8c67)ccc5c4)c4ccccc34)cccc2c1. The minimum atomic E-state index is 1.24. The Kier molecular flexibility index (Phi) is 6.22. The van der Waals surface area contributed by atoms with Crippen molar-refractivity contribution in [3.63, 3.8) is 0 Å². The average Bonchev–Trinajstić information content (AvgIpc) is 3.58. The Hall–Kier alpha value is -6.28. The van der Waals surface area contributed by atoms with E-state index in [9.17, 15) is 0 Å². The summed E-state index contributed by atoms with van der Waals surface area (Å²) in [4.78, 5) is 0. The Labute approximate surface area is 299 Å². The van der Waals surface area contributed by atoms with Gasteiger partial charge in [0, 0.05) is 20.2 Å². The van der Waals surface area contributed by atoms with Crippen molar-refractivity contribution < 1.29 is 0 Å². The van der Waals surface area contributed by atoms with Crippen molar-refractivity contribution in [2.75, 3.05) is 0 Å². The van der Waals surface area contributed by atoms with Gasteiger partial charge in [-0.1, -0.05) is 158 Å². The van der Waals surface area contributed by atoms with Gasteiger partial charge in [0.05, 0.1) is 0 Å². The smallest absolute Gasteiger partial charge is 0.0361 e. The van der Waals surface area contributed by atoms with E-state index in [1.54, 1.807) is 0 Å². The second-order valence-corrected chi connectivity index (χ2v) is 14.7. The topological polar surface area (TPSA) is 0 Å². The maximum atomic E-state index is 2.38. The molecule has 51 heavy (non-hydrogen) atoms. The lowest BCUT2D eigenvalue weighted by Gasteiger charge is -2.19. The normalized spacial score (nSPS) is 11.9. The van der Waals surface area contributed by atoms with Crippen LogP contribution in [0.25, 0.3) is 107 Å². The molecular weight excluding hydrogens is 633 g/mol. The lowest BCUT2D eigenvalue weighted by molar-refractivity contribution is 1.67. The molecule has 0 aliphatic heterocycles. The average molecular weight is 663 g/mol. The second kappa shape index (κ2) is 11.1. The van der Waals surface area contributed by atoms with Gasteiger partial charge in [-0.25, -0.2) is 0 Å². The van der Waals surface area contributed by atoms with Crippen LogP contribution in [0.5, 0.6) is 0 Å². The molecule has 236 valence electrons.